The Morgan fingerprint density at radius 2 is 1.61 bits per heavy atom. The highest BCUT2D eigenvalue weighted by atomic mass is 19.1. The summed E-state index contributed by atoms with van der Waals surface area (Å²) in [6.45, 7) is 4.17. The number of halogens is 1. The summed E-state index contributed by atoms with van der Waals surface area (Å²) in [6.07, 6.45) is 0. The lowest BCUT2D eigenvalue weighted by Crippen LogP contribution is -2.48. The summed E-state index contributed by atoms with van der Waals surface area (Å²) in [5.74, 6) is -0.267. The zero-order chi connectivity index (χ0) is 25.1. The molecule has 1 fully saturated rings. The molecule has 1 aliphatic rings. The number of hydrogen-bond donors (Lipinski definition) is 0. The zero-order valence-electron chi connectivity index (χ0n) is 20.1. The molecular weight excluding hydrogens is 459 g/mol. The normalized spacial score (nSPS) is 14.2. The van der Waals surface area contributed by atoms with Crippen LogP contribution in [0, 0.1) is 5.82 Å². The summed E-state index contributed by atoms with van der Waals surface area (Å²) in [7, 11) is 1.32. The van der Waals surface area contributed by atoms with Crippen molar-refractivity contribution in [3.8, 4) is 0 Å². The zero-order valence-corrected chi connectivity index (χ0v) is 20.1. The molecule has 0 radical (unpaired) electrons. The summed E-state index contributed by atoms with van der Waals surface area (Å²) in [4.78, 5) is 35.0. The molecule has 8 heteroatoms. The van der Waals surface area contributed by atoms with E-state index in [1.807, 2.05) is 18.2 Å². The molecule has 7 nitrogen and oxygen atoms in total. The van der Waals surface area contributed by atoms with Crippen LogP contribution in [0.15, 0.2) is 77.6 Å². The van der Waals surface area contributed by atoms with Gasteiger partial charge in [-0.15, -0.1) is 0 Å². The molecule has 2 heterocycles. The number of anilines is 1. The Hall–Kier alpha value is -4.04. The standard InChI is InChI=1S/C28H27FN4O3/c1-36-27(35)22-9-12-24-25(17-22)30-28(33(26(24)34)19-21-7-10-23(29)11-8-21)32-15-13-31(14-16-32)18-20-5-3-2-4-6-20/h2-12,17H,13-16,18-19H2,1H3. The Labute approximate surface area is 208 Å². The summed E-state index contributed by atoms with van der Waals surface area (Å²) in [5.41, 5.74) is 2.64. The first kappa shape index (κ1) is 23.7. The summed E-state index contributed by atoms with van der Waals surface area (Å²) >= 11 is 0. The Kier molecular flexibility index (Phi) is 6.77. The van der Waals surface area contributed by atoms with Crippen LogP contribution >= 0.6 is 0 Å². The fraction of sp³-hybridized carbons (Fsp3) is 0.250. The van der Waals surface area contributed by atoms with Gasteiger partial charge < -0.3 is 9.64 Å². The smallest absolute Gasteiger partial charge is 0.337 e. The van der Waals surface area contributed by atoms with Gasteiger partial charge in [-0.25, -0.2) is 14.2 Å². The molecule has 0 saturated carbocycles. The van der Waals surface area contributed by atoms with Gasteiger partial charge in [0, 0.05) is 32.7 Å². The molecule has 36 heavy (non-hydrogen) atoms. The van der Waals surface area contributed by atoms with Gasteiger partial charge in [-0.05, 0) is 41.5 Å². The molecular formula is C28H27FN4O3. The van der Waals surface area contributed by atoms with Gasteiger partial charge in [0.25, 0.3) is 5.56 Å². The predicted molar refractivity (Wildman–Crippen MR) is 137 cm³/mol. The molecule has 5 rings (SSSR count). The topological polar surface area (TPSA) is 67.7 Å². The number of ether oxygens (including phenoxy) is 1. The highest BCUT2D eigenvalue weighted by Gasteiger charge is 2.23. The molecule has 4 aromatic rings. The van der Waals surface area contributed by atoms with Crippen LogP contribution in [0.5, 0.6) is 0 Å². The molecule has 0 aliphatic carbocycles. The van der Waals surface area contributed by atoms with E-state index in [0.717, 1.165) is 25.2 Å². The Morgan fingerprint density at radius 1 is 0.917 bits per heavy atom. The average molecular weight is 487 g/mol. The highest BCUT2D eigenvalue weighted by molar-refractivity contribution is 5.94. The molecule has 0 atom stereocenters. The minimum Gasteiger partial charge on any atom is -0.465 e. The Bertz CT molecular complexity index is 1430. The molecule has 3 aromatic carbocycles. The lowest BCUT2D eigenvalue weighted by molar-refractivity contribution is 0.0601. The van der Waals surface area contributed by atoms with Crippen molar-refractivity contribution < 1.29 is 13.9 Å². The third kappa shape index (κ3) is 4.99. The molecule has 0 N–H and O–H groups in total. The third-order valence-electron chi connectivity index (χ3n) is 6.51. The Balaban J connectivity index is 1.49. The molecule has 0 bridgehead atoms. The number of carbonyl (C=O) groups is 1. The minimum absolute atomic E-state index is 0.206. The number of piperazine rings is 1. The van der Waals surface area contributed by atoms with Crippen LogP contribution in [0.1, 0.15) is 21.5 Å². The number of methoxy groups -OCH3 is 1. The van der Waals surface area contributed by atoms with E-state index in [0.29, 0.717) is 35.5 Å². The summed E-state index contributed by atoms with van der Waals surface area (Å²) in [6, 6.07) is 21.2. The second kappa shape index (κ2) is 10.3. The number of rotatable bonds is 6. The fourth-order valence-electron chi connectivity index (χ4n) is 4.56. The number of esters is 1. The van der Waals surface area contributed by atoms with Crippen LogP contribution < -0.4 is 10.5 Å². The Morgan fingerprint density at radius 3 is 2.31 bits per heavy atom. The molecule has 1 aliphatic heterocycles. The number of carbonyl (C=O) groups excluding carboxylic acids is 1. The van der Waals surface area contributed by atoms with Crippen LogP contribution in [0.4, 0.5) is 10.3 Å². The maximum absolute atomic E-state index is 13.6. The number of hydrogen-bond acceptors (Lipinski definition) is 6. The van der Waals surface area contributed by atoms with Crippen molar-refractivity contribution in [2.75, 3.05) is 38.2 Å². The van der Waals surface area contributed by atoms with E-state index < -0.39 is 5.97 Å². The maximum Gasteiger partial charge on any atom is 0.337 e. The average Bonchev–Trinajstić information content (AvgIpc) is 2.91. The molecule has 0 spiro atoms. The molecule has 1 saturated heterocycles. The van der Waals surface area contributed by atoms with Crippen LogP contribution in [0.25, 0.3) is 10.9 Å². The number of fused-ring (bicyclic) bond motifs is 1. The first-order valence-electron chi connectivity index (χ1n) is 11.9. The predicted octanol–water partition coefficient (Wildman–Crippen LogP) is 3.69. The van der Waals surface area contributed by atoms with E-state index >= 15 is 0 Å². The number of benzene rings is 3. The number of nitrogens with zero attached hydrogens (tertiary/aromatic N) is 4. The van der Waals surface area contributed by atoms with Crippen molar-refractivity contribution in [1.29, 1.82) is 0 Å². The van der Waals surface area contributed by atoms with Crippen molar-refractivity contribution in [3.05, 3.63) is 106 Å². The largest absolute Gasteiger partial charge is 0.465 e. The van der Waals surface area contributed by atoms with E-state index in [2.05, 4.69) is 21.9 Å². The van der Waals surface area contributed by atoms with Crippen molar-refractivity contribution in [1.82, 2.24) is 14.5 Å². The first-order chi connectivity index (χ1) is 17.5. The quantitative estimate of drug-likeness (QED) is 0.387. The molecule has 0 unspecified atom stereocenters. The van der Waals surface area contributed by atoms with Gasteiger partial charge in [0.15, 0.2) is 0 Å². The van der Waals surface area contributed by atoms with Gasteiger partial charge in [-0.1, -0.05) is 42.5 Å². The van der Waals surface area contributed by atoms with Gasteiger partial charge in [-0.2, -0.15) is 0 Å². The second-order valence-electron chi connectivity index (χ2n) is 8.90. The van der Waals surface area contributed by atoms with Crippen molar-refractivity contribution in [2.45, 2.75) is 13.1 Å². The number of aromatic nitrogens is 2. The fourth-order valence-corrected chi connectivity index (χ4v) is 4.56. The summed E-state index contributed by atoms with van der Waals surface area (Å²) in [5, 5.41) is 0.413. The van der Waals surface area contributed by atoms with Crippen LogP contribution in [-0.4, -0.2) is 53.7 Å². The minimum atomic E-state index is -0.481. The maximum atomic E-state index is 13.6. The lowest BCUT2D eigenvalue weighted by Gasteiger charge is -2.36. The van der Waals surface area contributed by atoms with E-state index in [-0.39, 0.29) is 17.9 Å². The van der Waals surface area contributed by atoms with E-state index in [1.165, 1.54) is 24.8 Å². The van der Waals surface area contributed by atoms with Gasteiger partial charge in [0.05, 0.1) is 30.1 Å². The van der Waals surface area contributed by atoms with Crippen LogP contribution in [0.3, 0.4) is 0 Å². The van der Waals surface area contributed by atoms with Crippen LogP contribution in [-0.2, 0) is 17.8 Å². The lowest BCUT2D eigenvalue weighted by atomic mass is 10.1. The summed E-state index contributed by atoms with van der Waals surface area (Å²) < 4.78 is 20.0. The van der Waals surface area contributed by atoms with Gasteiger partial charge >= 0.3 is 5.97 Å². The molecule has 1 aromatic heterocycles. The van der Waals surface area contributed by atoms with Gasteiger partial charge in [0.1, 0.15) is 5.82 Å². The van der Waals surface area contributed by atoms with Crippen molar-refractivity contribution in [2.24, 2.45) is 0 Å². The third-order valence-corrected chi connectivity index (χ3v) is 6.51. The van der Waals surface area contributed by atoms with E-state index in [4.69, 9.17) is 9.72 Å². The van der Waals surface area contributed by atoms with E-state index in [9.17, 15) is 14.0 Å². The molecule has 0 amide bonds. The SMILES string of the molecule is COC(=O)c1ccc2c(=O)n(Cc3ccc(F)cc3)c(N3CCN(Cc4ccccc4)CC3)nc2c1. The molecule has 184 valence electrons. The van der Waals surface area contributed by atoms with Crippen LogP contribution in [0.2, 0.25) is 0 Å². The second-order valence-corrected chi connectivity index (χ2v) is 8.90. The van der Waals surface area contributed by atoms with Gasteiger partial charge in [-0.3, -0.25) is 14.3 Å². The van der Waals surface area contributed by atoms with Crippen molar-refractivity contribution in [3.63, 3.8) is 0 Å². The van der Waals surface area contributed by atoms with E-state index in [1.54, 1.807) is 34.9 Å². The highest BCUT2D eigenvalue weighted by Crippen LogP contribution is 2.21. The monoisotopic (exact) mass is 486 g/mol. The van der Waals surface area contributed by atoms with Gasteiger partial charge in [0.2, 0.25) is 5.95 Å². The van der Waals surface area contributed by atoms with Crippen molar-refractivity contribution >= 4 is 22.8 Å². The first-order valence-corrected chi connectivity index (χ1v) is 11.9.